The maximum atomic E-state index is 14.0. The Kier molecular flexibility index (Phi) is 7.32. The van der Waals surface area contributed by atoms with Gasteiger partial charge >= 0.3 is 5.97 Å². The lowest BCUT2D eigenvalue weighted by molar-refractivity contribution is 0.0599. The fourth-order valence-electron chi connectivity index (χ4n) is 2.89. The summed E-state index contributed by atoms with van der Waals surface area (Å²) in [7, 11) is 1.30. The lowest BCUT2D eigenvalue weighted by Gasteiger charge is -2.34. The van der Waals surface area contributed by atoms with E-state index in [4.69, 9.17) is 10.5 Å². The molecular weight excluding hydrogens is 283 g/mol. The van der Waals surface area contributed by atoms with Gasteiger partial charge in [0.2, 0.25) is 0 Å². The molecule has 1 atom stereocenters. The highest BCUT2D eigenvalue weighted by Crippen LogP contribution is 2.29. The summed E-state index contributed by atoms with van der Waals surface area (Å²) in [6.07, 6.45) is 2.85. The average molecular weight is 310 g/mol. The van der Waals surface area contributed by atoms with Crippen LogP contribution in [0.4, 0.5) is 10.1 Å². The van der Waals surface area contributed by atoms with Crippen molar-refractivity contribution in [3.63, 3.8) is 0 Å². The third-order valence-corrected chi connectivity index (χ3v) is 3.96. The molecule has 4 nitrogen and oxygen atoms in total. The van der Waals surface area contributed by atoms with E-state index < -0.39 is 11.8 Å². The summed E-state index contributed by atoms with van der Waals surface area (Å²) in [5.41, 5.74) is 7.49. The molecule has 1 aromatic carbocycles. The predicted octanol–water partition coefficient (Wildman–Crippen LogP) is 3.26. The van der Waals surface area contributed by atoms with Crippen LogP contribution in [0, 0.1) is 12.7 Å². The van der Waals surface area contributed by atoms with Crippen LogP contribution in [-0.2, 0) is 4.74 Å². The third kappa shape index (κ3) is 4.19. The standard InChI is InChI=1S/C17H27FN2O2/c1-5-7-14(8-9-19)20(6-2)16-11-13(18)10-15(12(16)3)17(21)22-4/h10-11,14H,5-9,19H2,1-4H3. The van der Waals surface area contributed by atoms with Crippen molar-refractivity contribution in [3.8, 4) is 0 Å². The quantitative estimate of drug-likeness (QED) is 0.749. The normalized spacial score (nSPS) is 12.1. The average Bonchev–Trinajstić information content (AvgIpc) is 2.50. The first kappa shape index (κ1) is 18.4. The fraction of sp³-hybridized carbons (Fsp3) is 0.588. The highest BCUT2D eigenvalue weighted by atomic mass is 19.1. The number of hydrogen-bond donors (Lipinski definition) is 1. The molecule has 1 unspecified atom stereocenters. The minimum absolute atomic E-state index is 0.242. The van der Waals surface area contributed by atoms with Crippen LogP contribution in [0.1, 0.15) is 49.0 Å². The van der Waals surface area contributed by atoms with Crippen LogP contribution in [0.3, 0.4) is 0 Å². The zero-order valence-electron chi connectivity index (χ0n) is 14.0. The van der Waals surface area contributed by atoms with Crippen LogP contribution in [0.2, 0.25) is 0 Å². The van der Waals surface area contributed by atoms with Gasteiger partial charge in [-0.15, -0.1) is 0 Å². The number of methoxy groups -OCH3 is 1. The number of anilines is 1. The van der Waals surface area contributed by atoms with E-state index in [1.165, 1.54) is 19.2 Å². The Bertz CT molecular complexity index is 500. The van der Waals surface area contributed by atoms with Gasteiger partial charge in [0.25, 0.3) is 0 Å². The van der Waals surface area contributed by atoms with Gasteiger partial charge in [-0.2, -0.15) is 0 Å². The van der Waals surface area contributed by atoms with Crippen molar-refractivity contribution in [2.45, 2.75) is 46.1 Å². The van der Waals surface area contributed by atoms with Gasteiger partial charge in [0.15, 0.2) is 0 Å². The minimum atomic E-state index is -0.514. The number of carbonyl (C=O) groups is 1. The van der Waals surface area contributed by atoms with Crippen molar-refractivity contribution in [2.24, 2.45) is 5.73 Å². The van der Waals surface area contributed by atoms with Gasteiger partial charge in [-0.25, -0.2) is 9.18 Å². The summed E-state index contributed by atoms with van der Waals surface area (Å²) in [5, 5.41) is 0. The first-order valence-corrected chi connectivity index (χ1v) is 7.85. The number of halogens is 1. The van der Waals surface area contributed by atoms with E-state index in [2.05, 4.69) is 11.8 Å². The number of esters is 1. The molecule has 2 N–H and O–H groups in total. The number of hydrogen-bond acceptors (Lipinski definition) is 4. The first-order chi connectivity index (χ1) is 10.5. The van der Waals surface area contributed by atoms with Gasteiger partial charge in [0, 0.05) is 18.3 Å². The molecule has 0 aliphatic rings. The smallest absolute Gasteiger partial charge is 0.338 e. The summed E-state index contributed by atoms with van der Waals surface area (Å²) in [5.74, 6) is -0.942. The molecular formula is C17H27FN2O2. The molecule has 0 saturated carbocycles. The van der Waals surface area contributed by atoms with E-state index in [0.717, 1.165) is 37.1 Å². The monoisotopic (exact) mass is 310 g/mol. The number of rotatable bonds is 8. The van der Waals surface area contributed by atoms with Gasteiger partial charge in [-0.1, -0.05) is 13.3 Å². The summed E-state index contributed by atoms with van der Waals surface area (Å²) in [4.78, 5) is 14.0. The Hall–Kier alpha value is -1.62. The van der Waals surface area contributed by atoms with E-state index >= 15 is 0 Å². The van der Waals surface area contributed by atoms with Crippen molar-refractivity contribution >= 4 is 11.7 Å². The number of nitrogens with two attached hydrogens (primary N) is 1. The Morgan fingerprint density at radius 1 is 1.36 bits per heavy atom. The van der Waals surface area contributed by atoms with E-state index in [0.29, 0.717) is 6.54 Å². The molecule has 0 heterocycles. The molecule has 0 aliphatic heterocycles. The van der Waals surface area contributed by atoms with Gasteiger partial charge in [-0.05, 0) is 50.9 Å². The van der Waals surface area contributed by atoms with Gasteiger partial charge in [0.05, 0.1) is 12.7 Å². The number of nitrogens with zero attached hydrogens (tertiary/aromatic N) is 1. The molecule has 0 fully saturated rings. The molecule has 0 aliphatic carbocycles. The highest BCUT2D eigenvalue weighted by molar-refractivity contribution is 5.92. The largest absolute Gasteiger partial charge is 0.465 e. The van der Waals surface area contributed by atoms with E-state index in [-0.39, 0.29) is 11.6 Å². The van der Waals surface area contributed by atoms with Crippen LogP contribution < -0.4 is 10.6 Å². The summed E-state index contributed by atoms with van der Waals surface area (Å²) in [6, 6.07) is 2.96. The topological polar surface area (TPSA) is 55.6 Å². The number of benzene rings is 1. The summed E-state index contributed by atoms with van der Waals surface area (Å²) < 4.78 is 18.7. The predicted molar refractivity (Wildman–Crippen MR) is 87.9 cm³/mol. The van der Waals surface area contributed by atoms with Gasteiger partial charge in [0.1, 0.15) is 5.82 Å². The first-order valence-electron chi connectivity index (χ1n) is 7.85. The van der Waals surface area contributed by atoms with Crippen LogP contribution in [0.5, 0.6) is 0 Å². The molecule has 1 rings (SSSR count). The van der Waals surface area contributed by atoms with E-state index in [9.17, 15) is 9.18 Å². The molecule has 124 valence electrons. The Labute approximate surface area is 132 Å². The Morgan fingerprint density at radius 2 is 2.05 bits per heavy atom. The summed E-state index contributed by atoms with van der Waals surface area (Å²) in [6.45, 7) is 7.29. The lowest BCUT2D eigenvalue weighted by atomic mass is 10.0. The fourth-order valence-corrected chi connectivity index (χ4v) is 2.89. The number of carbonyl (C=O) groups excluding carboxylic acids is 1. The molecule has 0 spiro atoms. The zero-order chi connectivity index (χ0) is 16.7. The molecule has 0 radical (unpaired) electrons. The molecule has 22 heavy (non-hydrogen) atoms. The van der Waals surface area contributed by atoms with Crippen molar-refractivity contribution < 1.29 is 13.9 Å². The van der Waals surface area contributed by atoms with Gasteiger partial charge in [-0.3, -0.25) is 0 Å². The molecule has 1 aromatic rings. The van der Waals surface area contributed by atoms with E-state index in [1.54, 1.807) is 0 Å². The molecule has 0 amide bonds. The van der Waals surface area contributed by atoms with Crippen LogP contribution in [0.15, 0.2) is 12.1 Å². The second-order valence-electron chi connectivity index (χ2n) is 5.39. The minimum Gasteiger partial charge on any atom is -0.465 e. The Morgan fingerprint density at radius 3 is 2.55 bits per heavy atom. The second-order valence-corrected chi connectivity index (χ2v) is 5.39. The highest BCUT2D eigenvalue weighted by Gasteiger charge is 2.22. The number of ether oxygens (including phenoxy) is 1. The van der Waals surface area contributed by atoms with Gasteiger partial charge < -0.3 is 15.4 Å². The maximum absolute atomic E-state index is 14.0. The Balaban J connectivity index is 3.31. The van der Waals surface area contributed by atoms with Crippen molar-refractivity contribution in [2.75, 3.05) is 25.1 Å². The van der Waals surface area contributed by atoms with Crippen LogP contribution >= 0.6 is 0 Å². The molecule has 0 aromatic heterocycles. The zero-order valence-corrected chi connectivity index (χ0v) is 14.0. The maximum Gasteiger partial charge on any atom is 0.338 e. The molecule has 0 bridgehead atoms. The lowest BCUT2D eigenvalue weighted by Crippen LogP contribution is -2.37. The SMILES string of the molecule is CCCC(CCN)N(CC)c1cc(F)cc(C(=O)OC)c1C. The van der Waals surface area contributed by atoms with Crippen molar-refractivity contribution in [1.82, 2.24) is 0 Å². The van der Waals surface area contributed by atoms with E-state index in [1.807, 2.05) is 13.8 Å². The summed E-state index contributed by atoms with van der Waals surface area (Å²) >= 11 is 0. The third-order valence-electron chi connectivity index (χ3n) is 3.96. The second kappa shape index (κ2) is 8.73. The van der Waals surface area contributed by atoms with Crippen molar-refractivity contribution in [3.05, 3.63) is 29.1 Å². The van der Waals surface area contributed by atoms with Crippen molar-refractivity contribution in [1.29, 1.82) is 0 Å². The van der Waals surface area contributed by atoms with Crippen LogP contribution in [-0.4, -0.2) is 32.2 Å². The molecule has 5 heteroatoms. The molecule has 0 saturated heterocycles. The van der Waals surface area contributed by atoms with Crippen LogP contribution in [0.25, 0.3) is 0 Å².